The quantitative estimate of drug-likeness (QED) is 0.674. The molecule has 5 nitrogen and oxygen atoms in total. The number of nitrogens with zero attached hydrogens (tertiary/aromatic N) is 2. The molecule has 0 bridgehead atoms. The van der Waals surface area contributed by atoms with E-state index in [2.05, 4.69) is 11.1 Å². The van der Waals surface area contributed by atoms with Gasteiger partial charge in [-0.15, -0.1) is 0 Å². The summed E-state index contributed by atoms with van der Waals surface area (Å²) in [6.07, 6.45) is 1.12. The molecular weight excluding hydrogens is 396 g/mol. The standard InChI is InChI=1S/C21H21ClN2O3S/c1-21(2)8-15-19(16(25)9-21)18(12-4-6-13(22)7-5-12)14(10-23)20(24-15)28-11-17(26)27-3/h4-7,18-19H,8-9,11H2,1-3H3/t18-,19?/m1/s1. The first-order valence-electron chi connectivity index (χ1n) is 8.95. The Morgan fingerprint density at radius 3 is 2.61 bits per heavy atom. The van der Waals surface area contributed by atoms with E-state index in [1.54, 1.807) is 12.1 Å². The smallest absolute Gasteiger partial charge is 0.316 e. The molecule has 1 unspecified atom stereocenters. The van der Waals surface area contributed by atoms with Crippen molar-refractivity contribution < 1.29 is 14.3 Å². The van der Waals surface area contributed by atoms with E-state index < -0.39 is 11.8 Å². The van der Waals surface area contributed by atoms with Crippen LogP contribution in [0.1, 0.15) is 38.2 Å². The lowest BCUT2D eigenvalue weighted by atomic mass is 9.64. The number of rotatable bonds is 4. The summed E-state index contributed by atoms with van der Waals surface area (Å²) in [4.78, 5) is 29.3. The fraction of sp³-hybridized carbons (Fsp3) is 0.429. The van der Waals surface area contributed by atoms with Crippen LogP contribution in [0, 0.1) is 22.7 Å². The molecule has 0 radical (unpaired) electrons. The number of ketones is 1. The molecule has 1 aromatic carbocycles. The minimum absolute atomic E-state index is 0.0587. The first kappa shape index (κ1) is 20.6. The molecule has 0 spiro atoms. The number of ether oxygens (including phenoxy) is 1. The van der Waals surface area contributed by atoms with Crippen molar-refractivity contribution in [3.05, 3.63) is 45.5 Å². The zero-order chi connectivity index (χ0) is 20.5. The second-order valence-corrected chi connectivity index (χ2v) is 9.19. The Kier molecular flexibility index (Phi) is 5.97. The van der Waals surface area contributed by atoms with E-state index in [9.17, 15) is 14.9 Å². The molecule has 146 valence electrons. The van der Waals surface area contributed by atoms with Crippen molar-refractivity contribution in [2.75, 3.05) is 12.9 Å². The Morgan fingerprint density at radius 1 is 1.32 bits per heavy atom. The van der Waals surface area contributed by atoms with E-state index in [4.69, 9.17) is 16.3 Å². The highest BCUT2D eigenvalue weighted by molar-refractivity contribution is 8.03. The third-order valence-electron chi connectivity index (χ3n) is 5.04. The zero-order valence-corrected chi connectivity index (χ0v) is 17.6. The van der Waals surface area contributed by atoms with Crippen LogP contribution in [0.3, 0.4) is 0 Å². The van der Waals surface area contributed by atoms with Gasteiger partial charge in [-0.1, -0.05) is 49.3 Å². The van der Waals surface area contributed by atoms with Gasteiger partial charge >= 0.3 is 5.97 Å². The Labute approximate surface area is 173 Å². The number of carbonyl (C=O) groups is 2. The van der Waals surface area contributed by atoms with E-state index in [0.717, 1.165) is 11.3 Å². The second-order valence-electron chi connectivity index (χ2n) is 7.79. The van der Waals surface area contributed by atoms with Crippen molar-refractivity contribution >= 4 is 40.8 Å². The number of hydrogen-bond acceptors (Lipinski definition) is 6. The minimum atomic E-state index is -0.452. The van der Waals surface area contributed by atoms with Crippen LogP contribution in [0.25, 0.3) is 0 Å². The summed E-state index contributed by atoms with van der Waals surface area (Å²) in [5.74, 6) is -1.10. The van der Waals surface area contributed by atoms with Gasteiger partial charge in [0.1, 0.15) is 10.8 Å². The Bertz CT molecular complexity index is 913. The maximum Gasteiger partial charge on any atom is 0.316 e. The lowest BCUT2D eigenvalue weighted by molar-refractivity contribution is -0.137. The SMILES string of the molecule is COC(=O)CSC1=C(C#N)[C@@H](c2ccc(Cl)cc2)C2C(=O)CC(C)(C)CC2=N1. The zero-order valence-electron chi connectivity index (χ0n) is 16.0. The van der Waals surface area contributed by atoms with Crippen molar-refractivity contribution in [1.29, 1.82) is 5.26 Å². The predicted octanol–water partition coefficient (Wildman–Crippen LogP) is 4.52. The predicted molar refractivity (Wildman–Crippen MR) is 110 cm³/mol. The molecule has 28 heavy (non-hydrogen) atoms. The van der Waals surface area contributed by atoms with Gasteiger partial charge in [-0.05, 0) is 29.5 Å². The van der Waals surface area contributed by atoms with Crippen LogP contribution in [0.4, 0.5) is 0 Å². The topological polar surface area (TPSA) is 79.5 Å². The number of hydrogen-bond donors (Lipinski definition) is 0. The van der Waals surface area contributed by atoms with E-state index in [1.165, 1.54) is 18.9 Å². The molecule has 0 amide bonds. The number of thioether (sulfide) groups is 1. The summed E-state index contributed by atoms with van der Waals surface area (Å²) in [5, 5.41) is 11.0. The number of esters is 1. The number of fused-ring (bicyclic) bond motifs is 1. The maximum atomic E-state index is 13.1. The summed E-state index contributed by atoms with van der Waals surface area (Å²) >= 11 is 7.21. The molecule has 0 N–H and O–H groups in total. The number of nitriles is 1. The molecular formula is C21H21ClN2O3S. The van der Waals surface area contributed by atoms with Gasteiger partial charge < -0.3 is 4.74 Å². The van der Waals surface area contributed by atoms with Crippen LogP contribution in [0.2, 0.25) is 5.02 Å². The fourth-order valence-corrected chi connectivity index (χ4v) is 4.86. The number of benzene rings is 1. The van der Waals surface area contributed by atoms with Crippen LogP contribution in [-0.4, -0.2) is 30.3 Å². The number of aliphatic imine (C=N–C) groups is 1. The number of methoxy groups -OCH3 is 1. The Balaban J connectivity index is 2.11. The lowest BCUT2D eigenvalue weighted by Crippen LogP contribution is -2.42. The van der Waals surface area contributed by atoms with Gasteiger partial charge in [0.15, 0.2) is 0 Å². The first-order valence-corrected chi connectivity index (χ1v) is 10.3. The second kappa shape index (κ2) is 8.10. The third kappa shape index (κ3) is 4.16. The monoisotopic (exact) mass is 416 g/mol. The normalized spacial score (nSPS) is 23.5. The molecule has 1 aliphatic heterocycles. The van der Waals surface area contributed by atoms with Crippen molar-refractivity contribution in [3.63, 3.8) is 0 Å². The molecule has 1 saturated carbocycles. The van der Waals surface area contributed by atoms with Crippen LogP contribution in [0.5, 0.6) is 0 Å². The van der Waals surface area contributed by atoms with E-state index in [-0.39, 0.29) is 22.9 Å². The van der Waals surface area contributed by atoms with Crippen molar-refractivity contribution in [2.24, 2.45) is 16.3 Å². The molecule has 0 saturated heterocycles. The number of carbonyl (C=O) groups excluding carboxylic acids is 2. The molecule has 3 rings (SSSR count). The van der Waals surface area contributed by atoms with Crippen molar-refractivity contribution in [3.8, 4) is 6.07 Å². The average molecular weight is 417 g/mol. The van der Waals surface area contributed by atoms with E-state index >= 15 is 0 Å². The number of allylic oxidation sites excluding steroid dienone is 1. The van der Waals surface area contributed by atoms with Gasteiger partial charge in [-0.25, -0.2) is 4.99 Å². The van der Waals surface area contributed by atoms with Crippen molar-refractivity contribution in [2.45, 2.75) is 32.6 Å². The number of halogens is 1. The summed E-state index contributed by atoms with van der Waals surface area (Å²) in [6.45, 7) is 4.09. The summed E-state index contributed by atoms with van der Waals surface area (Å²) < 4.78 is 4.71. The largest absolute Gasteiger partial charge is 0.468 e. The van der Waals surface area contributed by atoms with E-state index in [0.29, 0.717) is 28.5 Å². The highest BCUT2D eigenvalue weighted by Gasteiger charge is 2.46. The molecule has 2 aliphatic rings. The Hall–Kier alpha value is -2.10. The van der Waals surface area contributed by atoms with Gasteiger partial charge in [0.25, 0.3) is 0 Å². The first-order chi connectivity index (χ1) is 13.3. The van der Waals surface area contributed by atoms with E-state index in [1.807, 2.05) is 26.0 Å². The van der Waals surface area contributed by atoms with Crippen molar-refractivity contribution in [1.82, 2.24) is 0 Å². The molecule has 0 aromatic heterocycles. The van der Waals surface area contributed by atoms with Gasteiger partial charge in [-0.2, -0.15) is 5.26 Å². The fourth-order valence-electron chi connectivity index (χ4n) is 3.85. The highest BCUT2D eigenvalue weighted by Crippen LogP contribution is 2.48. The van der Waals surface area contributed by atoms with Gasteiger partial charge in [0, 0.05) is 23.1 Å². The molecule has 1 aromatic rings. The van der Waals surface area contributed by atoms with Gasteiger partial charge in [0.2, 0.25) is 0 Å². The minimum Gasteiger partial charge on any atom is -0.468 e. The molecule has 2 atom stereocenters. The van der Waals surface area contributed by atoms with Crippen LogP contribution in [0.15, 0.2) is 39.9 Å². The highest BCUT2D eigenvalue weighted by atomic mass is 35.5. The molecule has 1 aliphatic carbocycles. The molecule has 7 heteroatoms. The van der Waals surface area contributed by atoms with Gasteiger partial charge in [0.05, 0.1) is 30.4 Å². The van der Waals surface area contributed by atoms with Crippen LogP contribution in [-0.2, 0) is 14.3 Å². The summed E-state index contributed by atoms with van der Waals surface area (Å²) in [7, 11) is 1.32. The molecule has 1 heterocycles. The third-order valence-corrected chi connectivity index (χ3v) is 6.26. The Morgan fingerprint density at radius 2 is 2.00 bits per heavy atom. The van der Waals surface area contributed by atoms with Crippen LogP contribution >= 0.6 is 23.4 Å². The van der Waals surface area contributed by atoms with Gasteiger partial charge in [-0.3, -0.25) is 9.59 Å². The number of Topliss-reactive ketones (excluding diaryl/α,β-unsaturated/α-hetero) is 1. The summed E-state index contributed by atoms with van der Waals surface area (Å²) in [6, 6.07) is 9.47. The maximum absolute atomic E-state index is 13.1. The lowest BCUT2D eigenvalue weighted by Gasteiger charge is -2.40. The molecule has 1 fully saturated rings. The average Bonchev–Trinajstić information content (AvgIpc) is 2.64. The van der Waals surface area contributed by atoms with Crippen LogP contribution < -0.4 is 0 Å². The summed E-state index contributed by atoms with van der Waals surface area (Å²) in [5.41, 5.74) is 1.87.